The van der Waals surface area contributed by atoms with Crippen molar-refractivity contribution in [3.05, 3.63) is 87.5 Å². The molecule has 1 unspecified atom stereocenters. The highest BCUT2D eigenvalue weighted by atomic mass is 16.1. The summed E-state index contributed by atoms with van der Waals surface area (Å²) in [4.78, 5) is 21.5. The molecule has 4 aromatic rings. The first-order valence-electron chi connectivity index (χ1n) is 12.8. The Hall–Kier alpha value is -3.36. The molecule has 1 saturated heterocycles. The normalized spacial score (nSPS) is 16.4. The number of piperazine rings is 1. The number of H-pyrrole nitrogens is 1. The molecule has 3 heterocycles. The molecule has 8 heteroatoms. The summed E-state index contributed by atoms with van der Waals surface area (Å²) >= 11 is 0. The molecule has 2 aromatic heterocycles. The Bertz CT molecular complexity index is 1380. The standard InChI is InChI=1S/C28H35N7O/c1-5-28(3,4)35-26(30-31-32-35)25(23-18-22-13-9-10-20(2)24(22)29-27(23)36)34-16-14-33(15-17-34)19-21-11-7-6-8-12-21/h6-13,18,25H,5,14-17,19H2,1-4H3,(H,29,36). The first kappa shape index (κ1) is 24.3. The van der Waals surface area contributed by atoms with Gasteiger partial charge in [0.2, 0.25) is 0 Å². The van der Waals surface area contributed by atoms with Crippen LogP contribution < -0.4 is 5.56 Å². The third kappa shape index (κ3) is 4.70. The lowest BCUT2D eigenvalue weighted by Crippen LogP contribution is -2.49. The van der Waals surface area contributed by atoms with Crippen LogP contribution in [0.15, 0.2) is 59.4 Å². The second-order valence-corrected chi connectivity index (χ2v) is 10.4. The minimum atomic E-state index is -0.335. The molecular weight excluding hydrogens is 450 g/mol. The zero-order valence-corrected chi connectivity index (χ0v) is 21.6. The Balaban J connectivity index is 1.52. The lowest BCUT2D eigenvalue weighted by Gasteiger charge is -2.39. The molecule has 0 radical (unpaired) electrons. The van der Waals surface area contributed by atoms with E-state index in [1.165, 1.54) is 5.56 Å². The van der Waals surface area contributed by atoms with E-state index in [4.69, 9.17) is 0 Å². The van der Waals surface area contributed by atoms with Gasteiger partial charge in [0, 0.05) is 38.3 Å². The van der Waals surface area contributed by atoms with Gasteiger partial charge >= 0.3 is 0 Å². The first-order chi connectivity index (χ1) is 17.4. The largest absolute Gasteiger partial charge is 0.321 e. The lowest BCUT2D eigenvalue weighted by atomic mass is 9.98. The summed E-state index contributed by atoms with van der Waals surface area (Å²) in [6.45, 7) is 12.8. The fourth-order valence-electron chi connectivity index (χ4n) is 5.07. The van der Waals surface area contributed by atoms with Crippen LogP contribution in [0, 0.1) is 6.92 Å². The van der Waals surface area contributed by atoms with Gasteiger partial charge in [0.25, 0.3) is 5.56 Å². The van der Waals surface area contributed by atoms with Crippen LogP contribution in [0.1, 0.15) is 55.7 Å². The number of hydrogen-bond acceptors (Lipinski definition) is 6. The number of aromatic amines is 1. The second-order valence-electron chi connectivity index (χ2n) is 10.4. The smallest absolute Gasteiger partial charge is 0.253 e. The Morgan fingerprint density at radius 1 is 1.03 bits per heavy atom. The fraction of sp³-hybridized carbons (Fsp3) is 0.429. The van der Waals surface area contributed by atoms with Crippen LogP contribution in [0.4, 0.5) is 0 Å². The number of pyridine rings is 1. The summed E-state index contributed by atoms with van der Waals surface area (Å²) in [7, 11) is 0. The van der Waals surface area contributed by atoms with Crippen LogP contribution in [0.2, 0.25) is 0 Å². The summed E-state index contributed by atoms with van der Waals surface area (Å²) in [6, 6.07) is 18.4. The number of aryl methyl sites for hydroxylation is 1. The van der Waals surface area contributed by atoms with E-state index < -0.39 is 0 Å². The number of tetrazole rings is 1. The molecule has 36 heavy (non-hydrogen) atoms. The van der Waals surface area contributed by atoms with Crippen LogP contribution in [0.5, 0.6) is 0 Å². The van der Waals surface area contributed by atoms with Crippen molar-refractivity contribution in [2.75, 3.05) is 26.2 Å². The van der Waals surface area contributed by atoms with E-state index >= 15 is 0 Å². The average molecular weight is 486 g/mol. The highest BCUT2D eigenvalue weighted by Crippen LogP contribution is 2.31. The van der Waals surface area contributed by atoms with Crippen molar-refractivity contribution in [1.29, 1.82) is 0 Å². The van der Waals surface area contributed by atoms with Crippen molar-refractivity contribution in [2.45, 2.75) is 52.2 Å². The molecule has 1 aliphatic heterocycles. The quantitative estimate of drug-likeness (QED) is 0.428. The van der Waals surface area contributed by atoms with E-state index in [0.717, 1.165) is 61.4 Å². The van der Waals surface area contributed by atoms with Gasteiger partial charge in [0.1, 0.15) is 6.04 Å². The number of nitrogens with one attached hydrogen (secondary N) is 1. The Labute approximate surface area is 211 Å². The number of aromatic nitrogens is 5. The lowest BCUT2D eigenvalue weighted by molar-refractivity contribution is 0.0968. The second kappa shape index (κ2) is 9.95. The molecule has 0 saturated carbocycles. The van der Waals surface area contributed by atoms with E-state index in [0.29, 0.717) is 5.56 Å². The molecule has 1 atom stereocenters. The van der Waals surface area contributed by atoms with E-state index in [2.05, 4.69) is 87.5 Å². The van der Waals surface area contributed by atoms with Gasteiger partial charge in [-0.05, 0) is 60.2 Å². The van der Waals surface area contributed by atoms with Gasteiger partial charge in [-0.2, -0.15) is 0 Å². The minimum Gasteiger partial charge on any atom is -0.321 e. The molecule has 0 bridgehead atoms. The summed E-state index contributed by atoms with van der Waals surface area (Å²) in [5.41, 5.74) is 3.58. The summed E-state index contributed by atoms with van der Waals surface area (Å²) in [6.07, 6.45) is 0.871. The minimum absolute atomic E-state index is 0.0858. The number of hydrogen-bond donors (Lipinski definition) is 1. The van der Waals surface area contributed by atoms with Gasteiger partial charge in [-0.3, -0.25) is 14.6 Å². The molecule has 0 spiro atoms. The van der Waals surface area contributed by atoms with Crippen LogP contribution in [0.25, 0.3) is 10.9 Å². The number of nitrogens with zero attached hydrogens (tertiary/aromatic N) is 6. The first-order valence-corrected chi connectivity index (χ1v) is 12.8. The van der Waals surface area contributed by atoms with Crippen molar-refractivity contribution in [2.24, 2.45) is 0 Å². The SMILES string of the molecule is CCC(C)(C)n1nnnc1C(c1cc2cccc(C)c2[nH]c1=O)N1CCN(Cc2ccccc2)CC1. The predicted octanol–water partition coefficient (Wildman–Crippen LogP) is 3.88. The van der Waals surface area contributed by atoms with Gasteiger partial charge in [-0.25, -0.2) is 4.68 Å². The summed E-state index contributed by atoms with van der Waals surface area (Å²) in [5.74, 6) is 0.718. The molecule has 1 aliphatic rings. The molecule has 2 aromatic carbocycles. The third-order valence-corrected chi connectivity index (χ3v) is 7.61. The number of para-hydroxylation sites is 1. The summed E-state index contributed by atoms with van der Waals surface area (Å²) in [5, 5.41) is 14.0. The maximum absolute atomic E-state index is 13.5. The van der Waals surface area contributed by atoms with Crippen LogP contribution in [-0.4, -0.2) is 61.2 Å². The third-order valence-electron chi connectivity index (χ3n) is 7.61. The van der Waals surface area contributed by atoms with Gasteiger partial charge in [-0.15, -0.1) is 5.10 Å². The van der Waals surface area contributed by atoms with Crippen molar-refractivity contribution in [3.8, 4) is 0 Å². The Kier molecular flexibility index (Phi) is 6.73. The zero-order chi connectivity index (χ0) is 25.3. The number of rotatable bonds is 7. The molecule has 0 amide bonds. The topological polar surface area (TPSA) is 82.9 Å². The molecule has 1 fully saturated rings. The molecule has 8 nitrogen and oxygen atoms in total. The zero-order valence-electron chi connectivity index (χ0n) is 21.6. The predicted molar refractivity (Wildman–Crippen MR) is 142 cm³/mol. The number of fused-ring (bicyclic) bond motifs is 1. The van der Waals surface area contributed by atoms with Crippen molar-refractivity contribution >= 4 is 10.9 Å². The van der Waals surface area contributed by atoms with E-state index in [9.17, 15) is 4.79 Å². The molecule has 1 N–H and O–H groups in total. The van der Waals surface area contributed by atoms with Crippen LogP contribution >= 0.6 is 0 Å². The van der Waals surface area contributed by atoms with Crippen molar-refractivity contribution in [1.82, 2.24) is 35.0 Å². The van der Waals surface area contributed by atoms with Crippen molar-refractivity contribution < 1.29 is 0 Å². The average Bonchev–Trinajstić information content (AvgIpc) is 3.37. The van der Waals surface area contributed by atoms with Gasteiger partial charge < -0.3 is 4.98 Å². The van der Waals surface area contributed by atoms with Crippen LogP contribution in [0.3, 0.4) is 0 Å². The van der Waals surface area contributed by atoms with Crippen LogP contribution in [-0.2, 0) is 12.1 Å². The molecule has 0 aliphatic carbocycles. The number of benzene rings is 2. The van der Waals surface area contributed by atoms with E-state index in [1.807, 2.05) is 29.8 Å². The van der Waals surface area contributed by atoms with E-state index in [-0.39, 0.29) is 17.1 Å². The maximum Gasteiger partial charge on any atom is 0.253 e. The van der Waals surface area contributed by atoms with Gasteiger partial charge in [-0.1, -0.05) is 55.5 Å². The molecule has 188 valence electrons. The van der Waals surface area contributed by atoms with Gasteiger partial charge in [0.05, 0.1) is 11.1 Å². The molecule has 5 rings (SSSR count). The summed E-state index contributed by atoms with van der Waals surface area (Å²) < 4.78 is 1.91. The Morgan fingerprint density at radius 3 is 2.50 bits per heavy atom. The van der Waals surface area contributed by atoms with Gasteiger partial charge in [0.15, 0.2) is 5.82 Å². The molecular formula is C28H35N7O. The monoisotopic (exact) mass is 485 g/mol. The van der Waals surface area contributed by atoms with E-state index in [1.54, 1.807) is 0 Å². The fourth-order valence-corrected chi connectivity index (χ4v) is 5.07. The Morgan fingerprint density at radius 2 is 1.78 bits per heavy atom. The maximum atomic E-state index is 13.5. The van der Waals surface area contributed by atoms with Crippen molar-refractivity contribution in [3.63, 3.8) is 0 Å². The highest BCUT2D eigenvalue weighted by Gasteiger charge is 2.35. The highest BCUT2D eigenvalue weighted by molar-refractivity contribution is 5.82.